The molecule has 0 N–H and O–H groups in total. The Labute approximate surface area is 185 Å². The highest BCUT2D eigenvalue weighted by atomic mass is 35.5. The van der Waals surface area contributed by atoms with Crippen LogP contribution in [0, 0.1) is 13.8 Å². The van der Waals surface area contributed by atoms with E-state index in [1.807, 2.05) is 47.2 Å². The zero-order valence-corrected chi connectivity index (χ0v) is 18.1. The number of Topliss-reactive ketones (excluding diaryl/α,β-unsaturated/α-hetero) is 1. The maximum atomic E-state index is 12.9. The van der Waals surface area contributed by atoms with E-state index in [2.05, 4.69) is 14.9 Å². The minimum atomic E-state index is -2.96. The topological polar surface area (TPSA) is 61.4 Å². The molecule has 0 aliphatic heterocycles. The molecule has 0 radical (unpaired) electrons. The molecule has 3 aromatic heterocycles. The van der Waals surface area contributed by atoms with E-state index in [0.29, 0.717) is 22.1 Å². The van der Waals surface area contributed by atoms with Crippen LogP contribution in [0.5, 0.6) is 5.75 Å². The van der Waals surface area contributed by atoms with Crippen molar-refractivity contribution in [2.45, 2.75) is 25.6 Å². The van der Waals surface area contributed by atoms with Gasteiger partial charge in [0.05, 0.1) is 10.8 Å². The summed E-state index contributed by atoms with van der Waals surface area (Å²) >= 11 is 7.41. The van der Waals surface area contributed by atoms with Crippen molar-refractivity contribution in [1.82, 2.24) is 19.2 Å². The molecule has 0 saturated heterocycles. The smallest absolute Gasteiger partial charge is 0.387 e. The van der Waals surface area contributed by atoms with Crippen LogP contribution in [0.3, 0.4) is 0 Å². The second kappa shape index (κ2) is 8.68. The lowest BCUT2D eigenvalue weighted by Gasteiger charge is -2.13. The number of carbonyl (C=O) groups excluding carboxylic acids is 1. The van der Waals surface area contributed by atoms with Gasteiger partial charge in [0.1, 0.15) is 5.75 Å². The molecule has 0 atom stereocenters. The third kappa shape index (κ3) is 4.28. The maximum absolute atomic E-state index is 12.9. The maximum Gasteiger partial charge on any atom is 0.387 e. The van der Waals surface area contributed by atoms with Crippen LogP contribution in [-0.2, 0) is 0 Å². The second-order valence-electron chi connectivity index (χ2n) is 6.74. The van der Waals surface area contributed by atoms with E-state index in [1.54, 1.807) is 12.1 Å². The molecule has 0 fully saturated rings. The summed E-state index contributed by atoms with van der Waals surface area (Å²) < 4.78 is 33.0. The van der Waals surface area contributed by atoms with Gasteiger partial charge in [0.25, 0.3) is 0 Å². The van der Waals surface area contributed by atoms with E-state index in [4.69, 9.17) is 11.6 Å². The standard InChI is InChI=1S/C21H17ClF2N4O2S/c1-12-9-15(17(29)11-31-21-26-25-19-5-3-4-8-27(19)21)13(2)28(12)14-6-7-18(16(22)10-14)30-20(23)24/h3-10,20H,11H2,1-2H3. The first-order chi connectivity index (χ1) is 14.8. The van der Waals surface area contributed by atoms with Gasteiger partial charge in [-0.3, -0.25) is 9.20 Å². The number of aromatic nitrogens is 4. The molecule has 6 nitrogen and oxygen atoms in total. The quantitative estimate of drug-likeness (QED) is 0.273. The van der Waals surface area contributed by atoms with Crippen LogP contribution in [0.2, 0.25) is 5.02 Å². The Hall–Kier alpha value is -2.91. The van der Waals surface area contributed by atoms with E-state index < -0.39 is 6.61 Å². The lowest BCUT2D eigenvalue weighted by atomic mass is 10.2. The van der Waals surface area contributed by atoms with Gasteiger partial charge in [-0.15, -0.1) is 10.2 Å². The summed E-state index contributed by atoms with van der Waals surface area (Å²) in [6.45, 7) is 0.734. The number of halogens is 3. The Bertz CT molecular complexity index is 1270. The average Bonchev–Trinajstić information content (AvgIpc) is 3.28. The monoisotopic (exact) mass is 462 g/mol. The summed E-state index contributed by atoms with van der Waals surface area (Å²) in [6.07, 6.45) is 1.85. The number of fused-ring (bicyclic) bond motifs is 1. The summed E-state index contributed by atoms with van der Waals surface area (Å²) in [5.41, 5.74) is 3.48. The van der Waals surface area contributed by atoms with Crippen LogP contribution < -0.4 is 4.74 Å². The fourth-order valence-electron chi connectivity index (χ4n) is 3.39. The number of benzene rings is 1. The van der Waals surface area contributed by atoms with Crippen molar-refractivity contribution in [1.29, 1.82) is 0 Å². The normalized spacial score (nSPS) is 11.4. The molecular formula is C21H17ClF2N4O2S. The first-order valence-corrected chi connectivity index (χ1v) is 10.6. The van der Waals surface area contributed by atoms with E-state index >= 15 is 0 Å². The van der Waals surface area contributed by atoms with E-state index in [1.165, 1.54) is 23.9 Å². The molecular weight excluding hydrogens is 446 g/mol. The van der Waals surface area contributed by atoms with Crippen LogP contribution >= 0.6 is 23.4 Å². The first kappa shape index (κ1) is 21.3. The predicted octanol–water partition coefficient (Wildman–Crippen LogP) is 5.37. The number of pyridine rings is 1. The molecule has 0 saturated carbocycles. The van der Waals surface area contributed by atoms with Crippen molar-refractivity contribution in [2.75, 3.05) is 5.75 Å². The van der Waals surface area contributed by atoms with Crippen LogP contribution in [0.1, 0.15) is 21.7 Å². The van der Waals surface area contributed by atoms with Crippen LogP contribution in [0.4, 0.5) is 8.78 Å². The summed E-state index contributed by atoms with van der Waals surface area (Å²) in [5.74, 6) is 0.0407. The number of rotatable bonds is 7. The van der Waals surface area contributed by atoms with E-state index in [-0.39, 0.29) is 22.3 Å². The number of aryl methyl sites for hydroxylation is 1. The zero-order chi connectivity index (χ0) is 22.1. The number of carbonyl (C=O) groups is 1. The van der Waals surface area contributed by atoms with Crippen LogP contribution in [0.25, 0.3) is 11.3 Å². The van der Waals surface area contributed by atoms with Crippen LogP contribution in [-0.4, -0.2) is 37.3 Å². The Morgan fingerprint density at radius 2 is 2.00 bits per heavy atom. The number of ketones is 1. The van der Waals surface area contributed by atoms with Gasteiger partial charge in [0.15, 0.2) is 16.6 Å². The molecule has 31 heavy (non-hydrogen) atoms. The number of ether oxygens (including phenoxy) is 1. The number of alkyl halides is 2. The Balaban J connectivity index is 1.56. The number of thioether (sulfide) groups is 1. The molecule has 1 aromatic carbocycles. The highest BCUT2D eigenvalue weighted by Crippen LogP contribution is 2.31. The zero-order valence-electron chi connectivity index (χ0n) is 16.6. The largest absolute Gasteiger partial charge is 0.433 e. The van der Waals surface area contributed by atoms with Crippen molar-refractivity contribution < 1.29 is 18.3 Å². The third-order valence-electron chi connectivity index (χ3n) is 4.74. The minimum absolute atomic E-state index is 0.0548. The summed E-state index contributed by atoms with van der Waals surface area (Å²) in [4.78, 5) is 12.9. The molecule has 0 aliphatic carbocycles. The fraction of sp³-hybridized carbons (Fsp3) is 0.190. The number of nitrogens with zero attached hydrogens (tertiary/aromatic N) is 4. The molecule has 0 bridgehead atoms. The van der Waals surface area contributed by atoms with Crippen molar-refractivity contribution >= 4 is 34.8 Å². The Kier molecular flexibility index (Phi) is 5.97. The highest BCUT2D eigenvalue weighted by Gasteiger charge is 2.19. The van der Waals surface area contributed by atoms with Gasteiger partial charge >= 0.3 is 6.61 Å². The molecule has 3 heterocycles. The fourth-order valence-corrected chi connectivity index (χ4v) is 4.42. The molecule has 0 aliphatic rings. The number of hydrogen-bond acceptors (Lipinski definition) is 5. The van der Waals surface area contributed by atoms with Crippen molar-refractivity contribution in [3.05, 3.63) is 70.6 Å². The minimum Gasteiger partial charge on any atom is -0.433 e. The van der Waals surface area contributed by atoms with Gasteiger partial charge < -0.3 is 9.30 Å². The lowest BCUT2D eigenvalue weighted by Crippen LogP contribution is -2.06. The molecule has 10 heteroatoms. The first-order valence-electron chi connectivity index (χ1n) is 9.24. The predicted molar refractivity (Wildman–Crippen MR) is 115 cm³/mol. The van der Waals surface area contributed by atoms with Gasteiger partial charge in [0.2, 0.25) is 0 Å². The van der Waals surface area contributed by atoms with Gasteiger partial charge in [-0.1, -0.05) is 29.4 Å². The van der Waals surface area contributed by atoms with Gasteiger partial charge in [-0.05, 0) is 50.2 Å². The van der Waals surface area contributed by atoms with Gasteiger partial charge in [-0.25, -0.2) is 0 Å². The van der Waals surface area contributed by atoms with Gasteiger partial charge in [-0.2, -0.15) is 8.78 Å². The SMILES string of the molecule is Cc1cc(C(=O)CSc2nnc3ccccn23)c(C)n1-c1ccc(OC(F)F)c(Cl)c1. The number of hydrogen-bond donors (Lipinski definition) is 0. The molecule has 0 unspecified atom stereocenters. The molecule has 4 rings (SSSR count). The van der Waals surface area contributed by atoms with E-state index in [9.17, 15) is 13.6 Å². The molecule has 0 amide bonds. The Morgan fingerprint density at radius 3 is 2.74 bits per heavy atom. The summed E-state index contributed by atoms with van der Waals surface area (Å²) in [6, 6.07) is 11.9. The summed E-state index contributed by atoms with van der Waals surface area (Å²) in [7, 11) is 0. The Morgan fingerprint density at radius 1 is 1.19 bits per heavy atom. The van der Waals surface area contributed by atoms with Crippen molar-refractivity contribution in [3.8, 4) is 11.4 Å². The third-order valence-corrected chi connectivity index (χ3v) is 5.97. The lowest BCUT2D eigenvalue weighted by molar-refractivity contribution is -0.0497. The molecule has 160 valence electrons. The van der Waals surface area contributed by atoms with Crippen molar-refractivity contribution in [2.24, 2.45) is 0 Å². The van der Waals surface area contributed by atoms with Gasteiger partial charge in [0, 0.05) is 28.8 Å². The highest BCUT2D eigenvalue weighted by molar-refractivity contribution is 7.99. The van der Waals surface area contributed by atoms with Crippen LogP contribution in [0.15, 0.2) is 53.8 Å². The summed E-state index contributed by atoms with van der Waals surface area (Å²) in [5, 5.41) is 8.92. The average molecular weight is 463 g/mol. The molecule has 4 aromatic rings. The second-order valence-corrected chi connectivity index (χ2v) is 8.09. The van der Waals surface area contributed by atoms with E-state index in [0.717, 1.165) is 11.4 Å². The molecule has 0 spiro atoms. The van der Waals surface area contributed by atoms with Crippen molar-refractivity contribution in [3.63, 3.8) is 0 Å².